The van der Waals surface area contributed by atoms with Crippen LogP contribution in [0.2, 0.25) is 5.15 Å². The van der Waals surface area contributed by atoms with E-state index in [1.807, 2.05) is 26.8 Å². The highest BCUT2D eigenvalue weighted by molar-refractivity contribution is 6.30. The quantitative estimate of drug-likeness (QED) is 0.741. The Morgan fingerprint density at radius 2 is 2.27 bits per heavy atom. The average molecular weight is 226 g/mol. The Labute approximate surface area is 93.9 Å². The van der Waals surface area contributed by atoms with Crippen molar-refractivity contribution in [1.82, 2.24) is 9.97 Å². The van der Waals surface area contributed by atoms with E-state index in [1.165, 1.54) is 6.20 Å². The van der Waals surface area contributed by atoms with Crippen molar-refractivity contribution in [2.45, 2.75) is 26.4 Å². The molecule has 5 heteroatoms. The molecule has 0 saturated carbocycles. The van der Waals surface area contributed by atoms with E-state index in [9.17, 15) is 0 Å². The van der Waals surface area contributed by atoms with Crippen LogP contribution < -0.4 is 0 Å². The largest absolute Gasteiger partial charge is 0.368 e. The lowest BCUT2D eigenvalue weighted by Gasteiger charge is -2.22. The van der Waals surface area contributed by atoms with Crippen molar-refractivity contribution in [1.29, 1.82) is 5.26 Å². The third-order valence-electron chi connectivity index (χ3n) is 1.91. The molecule has 0 saturated heterocycles. The normalized spacial score (nSPS) is 11.1. The van der Waals surface area contributed by atoms with E-state index >= 15 is 0 Å². The maximum atomic E-state index is 8.67. The number of nitriles is 1. The molecule has 0 N–H and O–H groups in total. The van der Waals surface area contributed by atoms with Gasteiger partial charge in [-0.15, -0.1) is 0 Å². The second kappa shape index (κ2) is 4.56. The molecular weight excluding hydrogens is 214 g/mol. The summed E-state index contributed by atoms with van der Waals surface area (Å²) in [4.78, 5) is 8.10. The molecule has 0 bridgehead atoms. The van der Waals surface area contributed by atoms with Crippen LogP contribution in [0, 0.1) is 11.3 Å². The molecule has 0 aromatic carbocycles. The minimum atomic E-state index is -0.591. The fourth-order valence-corrected chi connectivity index (χ4v) is 1.32. The van der Waals surface area contributed by atoms with Gasteiger partial charge >= 0.3 is 0 Å². The molecule has 1 heterocycles. The van der Waals surface area contributed by atoms with Crippen molar-refractivity contribution in [2.75, 3.05) is 6.61 Å². The standard InChI is InChI=1S/C10H12ClN3O/c1-4-15-10(2,3)9-13-6-7(5-12)8(11)14-9/h6H,4H2,1-3H3. The van der Waals surface area contributed by atoms with Gasteiger partial charge < -0.3 is 4.74 Å². The molecule has 80 valence electrons. The van der Waals surface area contributed by atoms with Crippen molar-refractivity contribution < 1.29 is 4.74 Å². The third-order valence-corrected chi connectivity index (χ3v) is 2.19. The van der Waals surface area contributed by atoms with Crippen LogP contribution in [0.1, 0.15) is 32.2 Å². The molecule has 15 heavy (non-hydrogen) atoms. The summed E-state index contributed by atoms with van der Waals surface area (Å²) in [7, 11) is 0. The van der Waals surface area contributed by atoms with Crippen molar-refractivity contribution in [3.63, 3.8) is 0 Å². The first-order chi connectivity index (χ1) is 7.01. The van der Waals surface area contributed by atoms with E-state index in [2.05, 4.69) is 9.97 Å². The summed E-state index contributed by atoms with van der Waals surface area (Å²) in [5, 5.41) is 8.83. The van der Waals surface area contributed by atoms with Crippen LogP contribution in [0.5, 0.6) is 0 Å². The van der Waals surface area contributed by atoms with E-state index < -0.39 is 5.60 Å². The minimum Gasteiger partial charge on any atom is -0.368 e. The Bertz CT molecular complexity index is 398. The maximum Gasteiger partial charge on any atom is 0.161 e. The van der Waals surface area contributed by atoms with Gasteiger partial charge in [0.25, 0.3) is 0 Å². The van der Waals surface area contributed by atoms with Gasteiger partial charge in [-0.25, -0.2) is 9.97 Å². The monoisotopic (exact) mass is 225 g/mol. The molecule has 0 unspecified atom stereocenters. The molecule has 4 nitrogen and oxygen atoms in total. The van der Waals surface area contributed by atoms with E-state index in [0.29, 0.717) is 12.4 Å². The molecule has 1 aromatic heterocycles. The predicted octanol–water partition coefficient (Wildman–Crippen LogP) is 2.27. The zero-order valence-electron chi connectivity index (χ0n) is 8.91. The summed E-state index contributed by atoms with van der Waals surface area (Å²) < 4.78 is 5.48. The highest BCUT2D eigenvalue weighted by Gasteiger charge is 2.24. The van der Waals surface area contributed by atoms with E-state index in [0.717, 1.165) is 0 Å². The Morgan fingerprint density at radius 1 is 1.60 bits per heavy atom. The highest BCUT2D eigenvalue weighted by Crippen LogP contribution is 2.23. The van der Waals surface area contributed by atoms with Gasteiger partial charge in [-0.1, -0.05) is 11.6 Å². The summed E-state index contributed by atoms with van der Waals surface area (Å²) in [6.07, 6.45) is 1.41. The number of aromatic nitrogens is 2. The van der Waals surface area contributed by atoms with Gasteiger partial charge in [-0.05, 0) is 20.8 Å². The maximum absolute atomic E-state index is 8.67. The lowest BCUT2D eigenvalue weighted by atomic mass is 10.1. The average Bonchev–Trinajstić information content (AvgIpc) is 2.17. The highest BCUT2D eigenvalue weighted by atomic mass is 35.5. The SMILES string of the molecule is CCOC(C)(C)c1ncc(C#N)c(Cl)n1. The lowest BCUT2D eigenvalue weighted by Crippen LogP contribution is -2.24. The third kappa shape index (κ3) is 2.65. The van der Waals surface area contributed by atoms with Crippen LogP contribution in [-0.4, -0.2) is 16.6 Å². The molecule has 0 radical (unpaired) electrons. The molecule has 0 fully saturated rings. The van der Waals surface area contributed by atoms with Gasteiger partial charge in [0, 0.05) is 6.61 Å². The Balaban J connectivity index is 3.08. The van der Waals surface area contributed by atoms with Gasteiger partial charge in [-0.2, -0.15) is 5.26 Å². The number of hydrogen-bond acceptors (Lipinski definition) is 4. The van der Waals surface area contributed by atoms with Gasteiger partial charge in [0.15, 0.2) is 11.0 Å². The number of nitrogens with zero attached hydrogens (tertiary/aromatic N) is 3. The Hall–Kier alpha value is -1.18. The number of hydrogen-bond donors (Lipinski definition) is 0. The molecular formula is C10H12ClN3O. The van der Waals surface area contributed by atoms with Crippen LogP contribution in [0.25, 0.3) is 0 Å². The predicted molar refractivity (Wildman–Crippen MR) is 56.4 cm³/mol. The minimum absolute atomic E-state index is 0.162. The van der Waals surface area contributed by atoms with Crippen LogP contribution in [0.4, 0.5) is 0 Å². The number of rotatable bonds is 3. The van der Waals surface area contributed by atoms with E-state index in [4.69, 9.17) is 21.6 Å². The van der Waals surface area contributed by atoms with Gasteiger partial charge in [0.05, 0.1) is 6.20 Å². The molecule has 1 rings (SSSR count). The molecule has 0 aliphatic rings. The molecule has 0 amide bonds. The topological polar surface area (TPSA) is 58.8 Å². The summed E-state index contributed by atoms with van der Waals surface area (Å²) in [5.41, 5.74) is -0.320. The molecule has 1 aromatic rings. The van der Waals surface area contributed by atoms with Gasteiger partial charge in [0.2, 0.25) is 0 Å². The lowest BCUT2D eigenvalue weighted by molar-refractivity contribution is -0.0208. The second-order valence-corrected chi connectivity index (χ2v) is 3.81. The molecule has 0 atom stereocenters. The van der Waals surface area contributed by atoms with Crippen LogP contribution in [0.3, 0.4) is 0 Å². The first-order valence-corrected chi connectivity index (χ1v) is 4.96. The fourth-order valence-electron chi connectivity index (χ4n) is 1.15. The Kier molecular flexibility index (Phi) is 3.61. The smallest absolute Gasteiger partial charge is 0.161 e. The first kappa shape index (κ1) is 11.9. The summed E-state index contributed by atoms with van der Waals surface area (Å²) >= 11 is 5.81. The van der Waals surface area contributed by atoms with Crippen LogP contribution >= 0.6 is 11.6 Å². The summed E-state index contributed by atoms with van der Waals surface area (Å²) in [5.74, 6) is 0.480. The van der Waals surface area contributed by atoms with E-state index in [-0.39, 0.29) is 10.7 Å². The molecule has 0 aliphatic carbocycles. The van der Waals surface area contributed by atoms with Crippen molar-refractivity contribution >= 4 is 11.6 Å². The summed E-state index contributed by atoms with van der Waals surface area (Å²) in [6, 6.07) is 1.91. The zero-order chi connectivity index (χ0) is 11.5. The van der Waals surface area contributed by atoms with Crippen molar-refractivity contribution in [3.8, 4) is 6.07 Å². The Morgan fingerprint density at radius 3 is 2.73 bits per heavy atom. The van der Waals surface area contributed by atoms with Gasteiger partial charge in [-0.3, -0.25) is 0 Å². The van der Waals surface area contributed by atoms with Crippen LogP contribution in [0.15, 0.2) is 6.20 Å². The molecule has 0 aliphatic heterocycles. The number of halogens is 1. The van der Waals surface area contributed by atoms with E-state index in [1.54, 1.807) is 0 Å². The molecule has 0 spiro atoms. The second-order valence-electron chi connectivity index (χ2n) is 3.45. The zero-order valence-corrected chi connectivity index (χ0v) is 9.67. The number of ether oxygens (including phenoxy) is 1. The van der Waals surface area contributed by atoms with Gasteiger partial charge in [0.1, 0.15) is 17.2 Å². The van der Waals surface area contributed by atoms with Crippen molar-refractivity contribution in [3.05, 3.63) is 22.7 Å². The van der Waals surface area contributed by atoms with Crippen molar-refractivity contribution in [2.24, 2.45) is 0 Å². The summed E-state index contributed by atoms with van der Waals surface area (Å²) in [6.45, 7) is 6.17. The van der Waals surface area contributed by atoms with Crippen LogP contribution in [-0.2, 0) is 10.3 Å². The first-order valence-electron chi connectivity index (χ1n) is 4.58. The fraction of sp³-hybridized carbons (Fsp3) is 0.500.